The number of nitrogens with zero attached hydrogens (tertiary/aromatic N) is 3. The summed E-state index contributed by atoms with van der Waals surface area (Å²) >= 11 is 6.01. The zero-order valence-electron chi connectivity index (χ0n) is 18.5. The van der Waals surface area contributed by atoms with Gasteiger partial charge in [0, 0.05) is 12.1 Å². The Hall–Kier alpha value is -3.50. The van der Waals surface area contributed by atoms with Crippen LogP contribution in [0.25, 0.3) is 11.8 Å². The second-order valence-electron chi connectivity index (χ2n) is 8.10. The first kappa shape index (κ1) is 23.7. The Bertz CT molecular complexity index is 1370. The van der Waals surface area contributed by atoms with Crippen LogP contribution in [0, 0.1) is 11.6 Å². The first-order chi connectivity index (χ1) is 16.1. The summed E-state index contributed by atoms with van der Waals surface area (Å²) in [4.78, 5) is 26.0. The van der Waals surface area contributed by atoms with Crippen LogP contribution in [-0.2, 0) is 13.2 Å². The molecule has 0 saturated carbocycles. The van der Waals surface area contributed by atoms with Crippen LogP contribution in [0.3, 0.4) is 0 Å². The third-order valence-electron chi connectivity index (χ3n) is 5.31. The Labute approximate surface area is 198 Å². The van der Waals surface area contributed by atoms with Gasteiger partial charge >= 0.3 is 5.69 Å². The molecule has 1 aliphatic heterocycles. The maximum absolute atomic E-state index is 15.5. The predicted molar refractivity (Wildman–Crippen MR) is 122 cm³/mol. The number of para-hydroxylation sites is 1. The zero-order valence-corrected chi connectivity index (χ0v) is 19.3. The summed E-state index contributed by atoms with van der Waals surface area (Å²) in [5, 5.41) is 15.9. The number of hydrogen-bond acceptors (Lipinski definition) is 5. The van der Waals surface area contributed by atoms with E-state index in [2.05, 4.69) is 10.4 Å². The number of anilines is 1. The van der Waals surface area contributed by atoms with Crippen LogP contribution in [0.1, 0.15) is 42.5 Å². The van der Waals surface area contributed by atoms with E-state index in [9.17, 15) is 19.1 Å². The van der Waals surface area contributed by atoms with Gasteiger partial charge in [-0.1, -0.05) is 17.7 Å². The molecule has 0 fully saturated rings. The SMILES string of the molecule is CCn1c(CO)nn(-c2c(F)cc(C(=O)Nc3c(F)cccc3Cl)c3c2C=CC(C)(C)O3)c1=O. The van der Waals surface area contributed by atoms with Crippen LogP contribution in [0.5, 0.6) is 5.75 Å². The Morgan fingerprint density at radius 1 is 1.29 bits per heavy atom. The average Bonchev–Trinajstić information content (AvgIpc) is 3.10. The molecule has 1 aliphatic rings. The molecule has 11 heteroatoms. The molecule has 0 aliphatic carbocycles. The number of carbonyl (C=O) groups is 1. The number of ether oxygens (including phenoxy) is 1. The Balaban J connectivity index is 1.92. The fourth-order valence-corrected chi connectivity index (χ4v) is 3.90. The van der Waals surface area contributed by atoms with Crippen molar-refractivity contribution in [2.75, 3.05) is 5.32 Å². The van der Waals surface area contributed by atoms with Gasteiger partial charge < -0.3 is 15.2 Å². The van der Waals surface area contributed by atoms with E-state index in [0.29, 0.717) is 0 Å². The average molecular weight is 491 g/mol. The van der Waals surface area contributed by atoms with Crippen LogP contribution in [0.4, 0.5) is 14.5 Å². The highest BCUT2D eigenvalue weighted by Gasteiger charge is 2.32. The summed E-state index contributed by atoms with van der Waals surface area (Å²) in [7, 11) is 0. The predicted octanol–water partition coefficient (Wildman–Crippen LogP) is 3.91. The molecule has 4 rings (SSSR count). The summed E-state index contributed by atoms with van der Waals surface area (Å²) in [5.41, 5.74) is -2.16. The smallest absolute Gasteiger partial charge is 0.350 e. The number of rotatable bonds is 5. The molecule has 0 saturated heterocycles. The van der Waals surface area contributed by atoms with Crippen molar-refractivity contribution in [2.24, 2.45) is 0 Å². The molecule has 1 amide bonds. The second-order valence-corrected chi connectivity index (χ2v) is 8.51. The number of amides is 1. The van der Waals surface area contributed by atoms with E-state index >= 15 is 4.39 Å². The lowest BCUT2D eigenvalue weighted by atomic mass is 9.97. The normalized spacial score (nSPS) is 14.0. The van der Waals surface area contributed by atoms with Gasteiger partial charge in [-0.25, -0.2) is 13.6 Å². The maximum Gasteiger partial charge on any atom is 0.350 e. The lowest BCUT2D eigenvalue weighted by molar-refractivity contribution is 0.101. The highest BCUT2D eigenvalue weighted by Crippen LogP contribution is 2.39. The molecule has 0 radical (unpaired) electrons. The summed E-state index contributed by atoms with van der Waals surface area (Å²) in [6, 6.07) is 4.80. The minimum atomic E-state index is -0.941. The van der Waals surface area contributed by atoms with Crippen molar-refractivity contribution in [3.8, 4) is 11.4 Å². The van der Waals surface area contributed by atoms with Gasteiger partial charge in [0.05, 0.1) is 16.3 Å². The largest absolute Gasteiger partial charge is 0.482 e. The Kier molecular flexibility index (Phi) is 6.05. The van der Waals surface area contributed by atoms with Crippen molar-refractivity contribution in [3.05, 3.63) is 74.4 Å². The maximum atomic E-state index is 15.5. The third-order valence-corrected chi connectivity index (χ3v) is 5.63. The fourth-order valence-electron chi connectivity index (χ4n) is 3.69. The fraction of sp³-hybridized carbons (Fsp3) is 0.261. The molecule has 0 unspecified atom stereocenters. The molecule has 2 heterocycles. The van der Waals surface area contributed by atoms with Crippen molar-refractivity contribution in [1.29, 1.82) is 0 Å². The zero-order chi connectivity index (χ0) is 24.8. The first-order valence-electron chi connectivity index (χ1n) is 10.4. The number of aromatic nitrogens is 3. The molecule has 2 N–H and O–H groups in total. The van der Waals surface area contributed by atoms with Crippen LogP contribution < -0.4 is 15.7 Å². The summed E-state index contributed by atoms with van der Waals surface area (Å²) in [6.45, 7) is 4.83. The minimum Gasteiger partial charge on any atom is -0.482 e. The Morgan fingerprint density at radius 2 is 2.03 bits per heavy atom. The third kappa shape index (κ3) is 3.99. The van der Waals surface area contributed by atoms with Crippen molar-refractivity contribution in [2.45, 2.75) is 39.5 Å². The molecule has 3 aromatic rings. The lowest BCUT2D eigenvalue weighted by Crippen LogP contribution is -2.31. The van der Waals surface area contributed by atoms with E-state index in [4.69, 9.17) is 16.3 Å². The van der Waals surface area contributed by atoms with Gasteiger partial charge in [0.1, 0.15) is 29.5 Å². The van der Waals surface area contributed by atoms with E-state index in [1.165, 1.54) is 22.8 Å². The highest BCUT2D eigenvalue weighted by atomic mass is 35.5. The van der Waals surface area contributed by atoms with Gasteiger partial charge in [-0.05, 0) is 51.1 Å². The number of aliphatic hydroxyl groups excluding tert-OH is 1. The van der Waals surface area contributed by atoms with Crippen molar-refractivity contribution < 1.29 is 23.4 Å². The number of nitrogens with one attached hydrogen (secondary N) is 1. The summed E-state index contributed by atoms with van der Waals surface area (Å²) in [5.74, 6) is -2.53. The van der Waals surface area contributed by atoms with Gasteiger partial charge in [-0.2, -0.15) is 4.68 Å². The van der Waals surface area contributed by atoms with E-state index in [0.717, 1.165) is 16.8 Å². The van der Waals surface area contributed by atoms with E-state index < -0.39 is 35.4 Å². The molecule has 2 aromatic carbocycles. The monoisotopic (exact) mass is 490 g/mol. The first-order valence-corrected chi connectivity index (χ1v) is 10.8. The molecule has 34 heavy (non-hydrogen) atoms. The van der Waals surface area contributed by atoms with Crippen LogP contribution in [0.15, 0.2) is 35.1 Å². The molecule has 1 aromatic heterocycles. The number of aliphatic hydroxyl groups is 1. The highest BCUT2D eigenvalue weighted by molar-refractivity contribution is 6.34. The summed E-state index contributed by atoms with van der Waals surface area (Å²) < 4.78 is 37.7. The molecular weight excluding hydrogens is 470 g/mol. The number of fused-ring (bicyclic) bond motifs is 1. The van der Waals surface area contributed by atoms with E-state index in [1.807, 2.05) is 0 Å². The van der Waals surface area contributed by atoms with Crippen molar-refractivity contribution in [1.82, 2.24) is 14.3 Å². The van der Waals surface area contributed by atoms with Crippen molar-refractivity contribution in [3.63, 3.8) is 0 Å². The lowest BCUT2D eigenvalue weighted by Gasteiger charge is -2.30. The number of benzene rings is 2. The van der Waals surface area contributed by atoms with E-state index in [1.54, 1.807) is 26.8 Å². The number of hydrogen-bond donors (Lipinski definition) is 2. The number of halogens is 3. The Morgan fingerprint density at radius 3 is 2.65 bits per heavy atom. The quantitative estimate of drug-likeness (QED) is 0.565. The number of carbonyl (C=O) groups excluding carboxylic acids is 1. The summed E-state index contributed by atoms with van der Waals surface area (Å²) in [6.07, 6.45) is 3.17. The minimum absolute atomic E-state index is 0.0163. The van der Waals surface area contributed by atoms with Gasteiger partial charge in [-0.3, -0.25) is 9.36 Å². The van der Waals surface area contributed by atoms with Crippen LogP contribution >= 0.6 is 11.6 Å². The van der Waals surface area contributed by atoms with Gasteiger partial charge in [0.15, 0.2) is 11.6 Å². The second kappa shape index (κ2) is 8.69. The van der Waals surface area contributed by atoms with Gasteiger partial charge in [-0.15, -0.1) is 5.10 Å². The van der Waals surface area contributed by atoms with Gasteiger partial charge in [0.2, 0.25) is 0 Å². The van der Waals surface area contributed by atoms with Crippen LogP contribution in [-0.4, -0.2) is 31.0 Å². The molecular formula is C23H21ClF2N4O4. The molecule has 178 valence electrons. The molecule has 0 bridgehead atoms. The standard InChI is InChI=1S/C23H21ClF2N4O4/c1-4-29-17(11-31)28-30(22(29)33)19-12-8-9-23(2,3)34-20(12)13(10-16(19)26)21(32)27-18-14(24)6-5-7-15(18)25/h5-10,31H,4,11H2,1-3H3,(H,27,32). The van der Waals surface area contributed by atoms with Crippen molar-refractivity contribution >= 4 is 29.3 Å². The molecule has 8 nitrogen and oxygen atoms in total. The topological polar surface area (TPSA) is 98.4 Å². The molecule has 0 atom stereocenters. The van der Waals surface area contributed by atoms with E-state index in [-0.39, 0.29) is 45.6 Å². The van der Waals surface area contributed by atoms with Gasteiger partial charge in [0.25, 0.3) is 5.91 Å². The molecule has 0 spiro atoms. The van der Waals surface area contributed by atoms with Crippen LogP contribution in [0.2, 0.25) is 5.02 Å².